The highest BCUT2D eigenvalue weighted by Crippen LogP contribution is 2.20. The van der Waals surface area contributed by atoms with Crippen molar-refractivity contribution in [3.05, 3.63) is 119 Å². The van der Waals surface area contributed by atoms with Gasteiger partial charge in [0.25, 0.3) is 0 Å². The summed E-state index contributed by atoms with van der Waals surface area (Å²) in [5.74, 6) is 3.29. The molecule has 5 rings (SSSR count). The molecular weight excluding hydrogens is 1080 g/mol. The number of ether oxygens (including phenoxy) is 16. The maximum Gasteiger partial charge on any atom is 0.119 e. The monoisotopic (exact) mass is 1180 g/mol. The van der Waals surface area contributed by atoms with Gasteiger partial charge in [-0.25, -0.2) is 0 Å². The van der Waals surface area contributed by atoms with Gasteiger partial charge in [-0.3, -0.25) is 19.6 Å². The summed E-state index contributed by atoms with van der Waals surface area (Å²) in [6.07, 6.45) is 0. The second-order valence-corrected chi connectivity index (χ2v) is 19.9. The van der Waals surface area contributed by atoms with Gasteiger partial charge in [0.05, 0.1) is 132 Å². The van der Waals surface area contributed by atoms with E-state index in [-0.39, 0.29) is 0 Å². The predicted molar refractivity (Wildman–Crippen MR) is 323 cm³/mol. The van der Waals surface area contributed by atoms with E-state index >= 15 is 0 Å². The smallest absolute Gasteiger partial charge is 0.119 e. The summed E-state index contributed by atoms with van der Waals surface area (Å²) in [5.41, 5.74) is 4.95. The first-order valence-electron chi connectivity index (χ1n) is 29.9. The van der Waals surface area contributed by atoms with Crippen LogP contribution in [0.1, 0.15) is 22.3 Å². The van der Waals surface area contributed by atoms with Crippen LogP contribution in [-0.4, -0.2) is 259 Å². The average molecular weight is 1180 g/mol. The van der Waals surface area contributed by atoms with Crippen LogP contribution in [0.15, 0.2) is 97.1 Å². The molecule has 0 radical (unpaired) electrons. The molecule has 1 heterocycles. The predicted octanol–water partition coefficient (Wildman–Crippen LogP) is 6.24. The molecule has 0 bridgehead atoms. The number of nitrogens with zero attached hydrogens (tertiary/aromatic N) is 4. The summed E-state index contributed by atoms with van der Waals surface area (Å²) < 4.78 is 89.1. The Morgan fingerprint density at radius 2 is 0.369 bits per heavy atom. The Morgan fingerprint density at radius 1 is 0.214 bits per heavy atom. The first-order valence-corrected chi connectivity index (χ1v) is 29.9. The first-order chi connectivity index (χ1) is 41.5. The molecule has 4 aromatic carbocycles. The van der Waals surface area contributed by atoms with Crippen LogP contribution in [-0.2, 0) is 83.0 Å². The Labute approximate surface area is 501 Å². The number of hydrogen-bond donors (Lipinski definition) is 0. The van der Waals surface area contributed by atoms with E-state index in [4.69, 9.17) is 75.8 Å². The maximum absolute atomic E-state index is 6.05. The molecule has 0 spiro atoms. The van der Waals surface area contributed by atoms with E-state index < -0.39 is 0 Å². The average Bonchev–Trinajstić information content (AvgIpc) is 3.53. The summed E-state index contributed by atoms with van der Waals surface area (Å²) in [6.45, 7) is 22.9. The second kappa shape index (κ2) is 47.6. The lowest BCUT2D eigenvalue weighted by atomic mass is 10.1. The van der Waals surface area contributed by atoms with Crippen molar-refractivity contribution in [3.63, 3.8) is 0 Å². The van der Waals surface area contributed by atoms with Crippen molar-refractivity contribution in [1.82, 2.24) is 19.6 Å². The van der Waals surface area contributed by atoms with Crippen molar-refractivity contribution >= 4 is 0 Å². The zero-order valence-corrected chi connectivity index (χ0v) is 51.0. The summed E-state index contributed by atoms with van der Waals surface area (Å²) in [7, 11) is 6.66. The number of rotatable bonds is 48. The zero-order valence-electron chi connectivity index (χ0n) is 51.0. The topological polar surface area (TPSA) is 161 Å². The van der Waals surface area contributed by atoms with Gasteiger partial charge in [0.15, 0.2) is 0 Å². The fourth-order valence-electron chi connectivity index (χ4n) is 8.74. The summed E-state index contributed by atoms with van der Waals surface area (Å²) in [5, 5.41) is 0. The van der Waals surface area contributed by atoms with E-state index in [0.29, 0.717) is 159 Å². The van der Waals surface area contributed by atoms with E-state index in [0.717, 1.165) is 102 Å². The van der Waals surface area contributed by atoms with Gasteiger partial charge >= 0.3 is 0 Å². The van der Waals surface area contributed by atoms with Gasteiger partial charge in [-0.2, -0.15) is 0 Å². The van der Waals surface area contributed by atoms with Crippen LogP contribution < -0.4 is 18.9 Å². The molecule has 1 saturated heterocycles. The maximum atomic E-state index is 6.05. The molecule has 0 atom stereocenters. The lowest BCUT2D eigenvalue weighted by molar-refractivity contribution is 0.0179. The molecule has 84 heavy (non-hydrogen) atoms. The molecule has 1 fully saturated rings. The minimum atomic E-state index is 0.465. The highest BCUT2D eigenvalue weighted by atomic mass is 16.6. The highest BCUT2D eigenvalue weighted by molar-refractivity contribution is 5.30. The van der Waals surface area contributed by atoms with Crippen LogP contribution in [0.5, 0.6) is 23.0 Å². The molecule has 1 aliphatic heterocycles. The Hall–Kier alpha value is -4.56. The van der Waals surface area contributed by atoms with Gasteiger partial charge in [-0.1, -0.05) is 48.5 Å². The van der Waals surface area contributed by atoms with Gasteiger partial charge < -0.3 is 75.8 Å². The zero-order chi connectivity index (χ0) is 59.0. The van der Waals surface area contributed by atoms with E-state index in [1.165, 1.54) is 22.3 Å². The molecule has 0 N–H and O–H groups in total. The van der Waals surface area contributed by atoms with E-state index in [1.54, 1.807) is 28.4 Å². The van der Waals surface area contributed by atoms with Crippen LogP contribution in [0.25, 0.3) is 0 Å². The third kappa shape index (κ3) is 34.0. The minimum absolute atomic E-state index is 0.465. The van der Waals surface area contributed by atoms with Crippen molar-refractivity contribution in [2.45, 2.75) is 26.2 Å². The third-order valence-corrected chi connectivity index (χ3v) is 13.4. The lowest BCUT2D eigenvalue weighted by Gasteiger charge is -2.34. The van der Waals surface area contributed by atoms with Crippen LogP contribution in [0.2, 0.25) is 0 Å². The summed E-state index contributed by atoms with van der Waals surface area (Å²) in [6, 6.07) is 34.0. The van der Waals surface area contributed by atoms with Crippen molar-refractivity contribution in [2.24, 2.45) is 0 Å². The van der Waals surface area contributed by atoms with Crippen LogP contribution >= 0.6 is 0 Å². The Kier molecular flexibility index (Phi) is 39.8. The van der Waals surface area contributed by atoms with E-state index in [1.807, 2.05) is 0 Å². The Balaban J connectivity index is 1.25. The summed E-state index contributed by atoms with van der Waals surface area (Å²) in [4.78, 5) is 10.4. The van der Waals surface area contributed by atoms with Gasteiger partial charge in [-0.15, -0.1) is 0 Å². The Morgan fingerprint density at radius 3 is 0.536 bits per heavy atom. The van der Waals surface area contributed by atoms with Crippen molar-refractivity contribution in [1.29, 1.82) is 0 Å². The minimum Gasteiger partial charge on any atom is -0.491 e. The Bertz CT molecular complexity index is 1820. The molecule has 0 aliphatic carbocycles. The number of benzene rings is 4. The number of hydrogen-bond acceptors (Lipinski definition) is 20. The van der Waals surface area contributed by atoms with Crippen LogP contribution in [0.4, 0.5) is 0 Å². The van der Waals surface area contributed by atoms with Crippen molar-refractivity contribution in [2.75, 3.05) is 239 Å². The molecule has 0 saturated carbocycles. The largest absolute Gasteiger partial charge is 0.491 e. The van der Waals surface area contributed by atoms with Crippen molar-refractivity contribution < 1.29 is 75.8 Å². The molecule has 1 aliphatic rings. The van der Waals surface area contributed by atoms with Crippen molar-refractivity contribution in [3.8, 4) is 23.0 Å². The molecule has 4 aromatic rings. The second-order valence-electron chi connectivity index (χ2n) is 19.9. The molecule has 0 unspecified atom stereocenters. The molecule has 0 aromatic heterocycles. The quantitative estimate of drug-likeness (QED) is 0.0457. The van der Waals surface area contributed by atoms with Gasteiger partial charge in [-0.05, 0) is 70.8 Å². The standard InChI is InChI=1S/C64H100N4O16/c1-69-29-33-73-37-41-77-45-49-81-61-13-5-57(6-14-61)53-65-21-23-66(54-58-7-15-62(16-8-58)82-50-46-78-42-38-74-34-30-70-2)25-27-68(56-60-11-19-64(20-12-60)84-52-48-80-44-40-76-36-32-72-4)28-26-67(24-22-65)55-59-9-17-63(18-10-59)83-51-47-79-43-39-75-35-31-71-3/h5-20H,21-56H2,1-4H3. The van der Waals surface area contributed by atoms with E-state index in [9.17, 15) is 0 Å². The molecule has 472 valence electrons. The van der Waals surface area contributed by atoms with E-state index in [2.05, 4.69) is 117 Å². The fourth-order valence-corrected chi connectivity index (χ4v) is 8.74. The van der Waals surface area contributed by atoms with Crippen LogP contribution in [0.3, 0.4) is 0 Å². The molecule has 0 amide bonds. The number of methoxy groups -OCH3 is 4. The van der Waals surface area contributed by atoms with Gasteiger partial charge in [0.1, 0.15) is 49.4 Å². The normalized spacial score (nSPS) is 14.3. The molecular formula is C64H100N4O16. The highest BCUT2D eigenvalue weighted by Gasteiger charge is 2.19. The van der Waals surface area contributed by atoms with Gasteiger partial charge in [0, 0.05) is 107 Å². The first kappa shape index (κ1) is 70.2. The SMILES string of the molecule is COCCOCCOCCOc1ccc(CN2CCN(Cc3ccc(OCCOCCOCCOC)cc3)CCN(Cc3ccc(OCCOCCOCCOC)cc3)CCN(Cc3ccc(OCCOCCOCCOC)cc3)CC2)cc1. The lowest BCUT2D eigenvalue weighted by Crippen LogP contribution is -2.45. The molecule has 20 heteroatoms. The fraction of sp³-hybridized carbons (Fsp3) is 0.625. The summed E-state index contributed by atoms with van der Waals surface area (Å²) >= 11 is 0. The van der Waals surface area contributed by atoms with Crippen LogP contribution in [0, 0.1) is 0 Å². The third-order valence-electron chi connectivity index (χ3n) is 13.4. The van der Waals surface area contributed by atoms with Gasteiger partial charge in [0.2, 0.25) is 0 Å². The molecule has 20 nitrogen and oxygen atoms in total.